The molecule has 0 unspecified atom stereocenters. The van der Waals surface area contributed by atoms with Gasteiger partial charge in [-0.2, -0.15) is 0 Å². The van der Waals surface area contributed by atoms with Gasteiger partial charge in [-0.3, -0.25) is 4.79 Å². The summed E-state index contributed by atoms with van der Waals surface area (Å²) in [5.74, 6) is 1.26. The molecular formula is C15H20N2O2. The molecule has 102 valence electrons. The molecule has 1 aliphatic rings. The smallest absolute Gasteiger partial charge is 0.221 e. The van der Waals surface area contributed by atoms with E-state index in [1.54, 1.807) is 0 Å². The van der Waals surface area contributed by atoms with Gasteiger partial charge in [0.05, 0.1) is 6.04 Å². The van der Waals surface area contributed by atoms with Crippen LogP contribution in [-0.4, -0.2) is 24.5 Å². The van der Waals surface area contributed by atoms with Crippen molar-refractivity contribution in [2.24, 2.45) is 10.9 Å². The topological polar surface area (TPSA) is 50.7 Å². The van der Waals surface area contributed by atoms with Gasteiger partial charge in [0.15, 0.2) is 0 Å². The van der Waals surface area contributed by atoms with E-state index in [-0.39, 0.29) is 11.9 Å². The first-order valence-corrected chi connectivity index (χ1v) is 6.63. The summed E-state index contributed by atoms with van der Waals surface area (Å²) in [6.45, 7) is 6.54. The van der Waals surface area contributed by atoms with E-state index in [0.29, 0.717) is 18.4 Å². The normalized spacial score (nSPS) is 18.1. The summed E-state index contributed by atoms with van der Waals surface area (Å²) in [7, 11) is 0. The van der Waals surface area contributed by atoms with Crippen LogP contribution in [0.4, 0.5) is 5.69 Å². The van der Waals surface area contributed by atoms with Crippen molar-refractivity contribution in [2.45, 2.75) is 33.2 Å². The lowest BCUT2D eigenvalue weighted by Crippen LogP contribution is -2.09. The van der Waals surface area contributed by atoms with Crippen molar-refractivity contribution < 1.29 is 9.53 Å². The van der Waals surface area contributed by atoms with Gasteiger partial charge in [0.25, 0.3) is 0 Å². The average Bonchev–Trinajstić information content (AvgIpc) is 2.76. The summed E-state index contributed by atoms with van der Waals surface area (Å²) < 4.78 is 5.64. The molecule has 1 aliphatic heterocycles. The molecule has 4 nitrogen and oxygen atoms in total. The molecule has 0 radical (unpaired) electrons. The largest absolute Gasteiger partial charge is 0.475 e. The van der Waals surface area contributed by atoms with Crippen LogP contribution in [0.25, 0.3) is 0 Å². The molecule has 1 N–H and O–H groups in total. The molecule has 0 fully saturated rings. The van der Waals surface area contributed by atoms with Gasteiger partial charge < -0.3 is 10.1 Å². The lowest BCUT2D eigenvalue weighted by molar-refractivity contribution is -0.114. The lowest BCUT2D eigenvalue weighted by atomic mass is 10.1. The van der Waals surface area contributed by atoms with E-state index in [4.69, 9.17) is 4.74 Å². The van der Waals surface area contributed by atoms with Crippen LogP contribution in [0, 0.1) is 5.92 Å². The van der Waals surface area contributed by atoms with E-state index in [9.17, 15) is 4.79 Å². The summed E-state index contributed by atoms with van der Waals surface area (Å²) in [4.78, 5) is 15.5. The van der Waals surface area contributed by atoms with E-state index >= 15 is 0 Å². The minimum absolute atomic E-state index is 0.0702. The summed E-state index contributed by atoms with van der Waals surface area (Å²) in [6, 6.07) is 7.82. The molecule has 0 saturated heterocycles. The number of benzene rings is 1. The van der Waals surface area contributed by atoms with Gasteiger partial charge in [-0.25, -0.2) is 4.99 Å². The highest BCUT2D eigenvalue weighted by Crippen LogP contribution is 2.19. The SMILES string of the molecule is CC(=O)Nc1ccc(C2=N[C@H](CC(C)C)CO2)cc1. The quantitative estimate of drug-likeness (QED) is 0.905. The average molecular weight is 260 g/mol. The van der Waals surface area contributed by atoms with Crippen LogP contribution >= 0.6 is 0 Å². The second-order valence-corrected chi connectivity index (χ2v) is 5.29. The van der Waals surface area contributed by atoms with Crippen LogP contribution in [0.2, 0.25) is 0 Å². The third-order valence-electron chi connectivity index (χ3n) is 2.91. The van der Waals surface area contributed by atoms with Crippen LogP contribution in [0.1, 0.15) is 32.8 Å². The number of carbonyl (C=O) groups is 1. The maximum Gasteiger partial charge on any atom is 0.221 e. The van der Waals surface area contributed by atoms with Crippen molar-refractivity contribution >= 4 is 17.5 Å². The van der Waals surface area contributed by atoms with Crippen molar-refractivity contribution in [3.63, 3.8) is 0 Å². The monoisotopic (exact) mass is 260 g/mol. The van der Waals surface area contributed by atoms with Crippen LogP contribution in [0.15, 0.2) is 29.3 Å². The molecule has 1 amide bonds. The van der Waals surface area contributed by atoms with Crippen molar-refractivity contribution in [3.8, 4) is 0 Å². The number of anilines is 1. The van der Waals surface area contributed by atoms with Crippen LogP contribution in [0.5, 0.6) is 0 Å². The predicted octanol–water partition coefficient (Wildman–Crippen LogP) is 2.84. The van der Waals surface area contributed by atoms with Gasteiger partial charge in [0.2, 0.25) is 11.8 Å². The highest BCUT2D eigenvalue weighted by molar-refractivity contribution is 5.96. The van der Waals surface area contributed by atoms with Gasteiger partial charge in [-0.05, 0) is 36.6 Å². The second-order valence-electron chi connectivity index (χ2n) is 5.29. The fourth-order valence-corrected chi connectivity index (χ4v) is 2.14. The van der Waals surface area contributed by atoms with Gasteiger partial charge in [0, 0.05) is 18.2 Å². The molecule has 1 atom stereocenters. The van der Waals surface area contributed by atoms with Crippen molar-refractivity contribution in [3.05, 3.63) is 29.8 Å². The molecule has 0 spiro atoms. The van der Waals surface area contributed by atoms with Crippen molar-refractivity contribution in [2.75, 3.05) is 11.9 Å². The molecule has 0 aromatic heterocycles. The van der Waals surface area contributed by atoms with E-state index in [1.807, 2.05) is 24.3 Å². The van der Waals surface area contributed by atoms with Crippen LogP contribution in [-0.2, 0) is 9.53 Å². The second kappa shape index (κ2) is 5.87. The number of hydrogen-bond donors (Lipinski definition) is 1. The van der Waals surface area contributed by atoms with Crippen LogP contribution < -0.4 is 5.32 Å². The summed E-state index contributed by atoms with van der Waals surface area (Å²) in [5, 5.41) is 2.74. The molecule has 19 heavy (non-hydrogen) atoms. The standard InChI is InChI=1S/C15H20N2O2/c1-10(2)8-14-9-19-15(17-14)12-4-6-13(7-5-12)16-11(3)18/h4-7,10,14H,8-9H2,1-3H3,(H,16,18)/t14-/m1/s1. The minimum Gasteiger partial charge on any atom is -0.475 e. The van der Waals surface area contributed by atoms with Crippen molar-refractivity contribution in [1.82, 2.24) is 0 Å². The molecule has 1 aromatic carbocycles. The van der Waals surface area contributed by atoms with Crippen LogP contribution in [0.3, 0.4) is 0 Å². The minimum atomic E-state index is -0.0702. The summed E-state index contributed by atoms with van der Waals surface area (Å²) in [6.07, 6.45) is 1.05. The number of carbonyl (C=O) groups excluding carboxylic acids is 1. The van der Waals surface area contributed by atoms with Gasteiger partial charge in [-0.1, -0.05) is 13.8 Å². The Morgan fingerprint density at radius 1 is 1.42 bits per heavy atom. The zero-order valence-electron chi connectivity index (χ0n) is 11.6. The van der Waals surface area contributed by atoms with Gasteiger partial charge >= 0.3 is 0 Å². The van der Waals surface area contributed by atoms with Gasteiger partial charge in [-0.15, -0.1) is 0 Å². The molecular weight excluding hydrogens is 240 g/mol. The Labute approximate surface area is 113 Å². The maximum atomic E-state index is 10.9. The molecule has 4 heteroatoms. The number of aliphatic imine (C=N–C) groups is 1. The fraction of sp³-hybridized carbons (Fsp3) is 0.467. The highest BCUT2D eigenvalue weighted by atomic mass is 16.5. The van der Waals surface area contributed by atoms with E-state index in [0.717, 1.165) is 17.7 Å². The number of ether oxygens (including phenoxy) is 1. The van der Waals surface area contributed by atoms with E-state index in [1.165, 1.54) is 6.92 Å². The molecule has 1 heterocycles. The highest BCUT2D eigenvalue weighted by Gasteiger charge is 2.20. The predicted molar refractivity (Wildman–Crippen MR) is 76.5 cm³/mol. The zero-order valence-corrected chi connectivity index (χ0v) is 11.6. The van der Waals surface area contributed by atoms with Gasteiger partial charge in [0.1, 0.15) is 6.61 Å². The number of hydrogen-bond acceptors (Lipinski definition) is 3. The molecule has 2 rings (SSSR count). The Kier molecular flexibility index (Phi) is 4.20. The number of nitrogens with one attached hydrogen (secondary N) is 1. The third-order valence-corrected chi connectivity index (χ3v) is 2.91. The molecule has 0 saturated carbocycles. The molecule has 0 aliphatic carbocycles. The number of rotatable bonds is 4. The first kappa shape index (κ1) is 13.6. The summed E-state index contributed by atoms with van der Waals surface area (Å²) in [5.41, 5.74) is 1.74. The summed E-state index contributed by atoms with van der Waals surface area (Å²) >= 11 is 0. The Morgan fingerprint density at radius 2 is 2.11 bits per heavy atom. The van der Waals surface area contributed by atoms with E-state index in [2.05, 4.69) is 24.2 Å². The maximum absolute atomic E-state index is 10.9. The number of amides is 1. The Balaban J connectivity index is 2.04. The van der Waals surface area contributed by atoms with Crippen molar-refractivity contribution in [1.29, 1.82) is 0 Å². The van der Waals surface area contributed by atoms with E-state index < -0.39 is 0 Å². The molecule has 1 aromatic rings. The Hall–Kier alpha value is -1.84. The first-order valence-electron chi connectivity index (χ1n) is 6.63. The Morgan fingerprint density at radius 3 is 2.68 bits per heavy atom. The third kappa shape index (κ3) is 3.81. The Bertz CT molecular complexity index is 477. The first-order chi connectivity index (χ1) is 9.04. The molecule has 0 bridgehead atoms. The zero-order chi connectivity index (χ0) is 13.8. The fourth-order valence-electron chi connectivity index (χ4n) is 2.14. The lowest BCUT2D eigenvalue weighted by Gasteiger charge is -2.06. The number of nitrogens with zero attached hydrogens (tertiary/aromatic N) is 1.